The van der Waals surface area contributed by atoms with Crippen LogP contribution in [0.15, 0.2) is 39.9 Å². The van der Waals surface area contributed by atoms with Gasteiger partial charge in [-0.3, -0.25) is 9.78 Å². The van der Waals surface area contributed by atoms with E-state index in [2.05, 4.69) is 4.98 Å². The van der Waals surface area contributed by atoms with Crippen LogP contribution in [0.1, 0.15) is 0 Å². The Kier molecular flexibility index (Phi) is 2.85. The van der Waals surface area contributed by atoms with E-state index >= 15 is 0 Å². The minimum absolute atomic E-state index is 0.00766. The highest BCUT2D eigenvalue weighted by Gasteiger charge is 2.05. The molecule has 4 nitrogen and oxygen atoms in total. The molecular weight excluding hydrogens is 251 g/mol. The molecule has 0 atom stereocenters. The van der Waals surface area contributed by atoms with Gasteiger partial charge in [-0.2, -0.15) is 0 Å². The third kappa shape index (κ3) is 2.03. The summed E-state index contributed by atoms with van der Waals surface area (Å²) in [5, 5.41) is 0.451. The van der Waals surface area contributed by atoms with Crippen LogP contribution in [-0.4, -0.2) is 9.55 Å². The second-order valence-electron chi connectivity index (χ2n) is 3.08. The van der Waals surface area contributed by atoms with Gasteiger partial charge in [0.15, 0.2) is 0 Å². The number of nitrogens with one attached hydrogen (secondary N) is 1. The zero-order valence-electron chi connectivity index (χ0n) is 7.91. The van der Waals surface area contributed by atoms with Gasteiger partial charge in [-0.15, -0.1) is 0 Å². The molecule has 0 bridgehead atoms. The number of aromatic nitrogens is 2. The van der Waals surface area contributed by atoms with Crippen LogP contribution in [-0.2, 0) is 0 Å². The van der Waals surface area contributed by atoms with Crippen LogP contribution in [0.3, 0.4) is 0 Å². The molecule has 0 amide bonds. The van der Waals surface area contributed by atoms with Gasteiger partial charge in [0, 0.05) is 11.1 Å². The van der Waals surface area contributed by atoms with Gasteiger partial charge >= 0.3 is 5.69 Å². The maximum atomic E-state index is 11.6. The molecule has 0 spiro atoms. The Labute approximate surface area is 100 Å². The fraction of sp³-hybridized carbons (Fsp3) is 0. The highest BCUT2D eigenvalue weighted by atomic mass is 35.5. The second kappa shape index (κ2) is 4.15. The maximum Gasteiger partial charge on any atom is 0.334 e. The normalized spacial score (nSPS) is 10.4. The molecule has 0 aliphatic rings. The van der Waals surface area contributed by atoms with Crippen molar-refractivity contribution < 1.29 is 0 Å². The Morgan fingerprint density at radius 2 is 1.88 bits per heavy atom. The summed E-state index contributed by atoms with van der Waals surface area (Å²) in [7, 11) is 0. The summed E-state index contributed by atoms with van der Waals surface area (Å²) in [5.41, 5.74) is -0.703. The highest BCUT2D eigenvalue weighted by Crippen LogP contribution is 2.12. The maximum absolute atomic E-state index is 11.6. The summed E-state index contributed by atoms with van der Waals surface area (Å²) >= 11 is 11.3. The topological polar surface area (TPSA) is 54.9 Å². The molecule has 1 aromatic carbocycles. The summed E-state index contributed by atoms with van der Waals surface area (Å²) < 4.78 is 0.956. The minimum Gasteiger partial charge on any atom is -0.297 e. The molecule has 0 aliphatic carbocycles. The van der Waals surface area contributed by atoms with Crippen molar-refractivity contribution in [1.29, 1.82) is 0 Å². The second-order valence-corrected chi connectivity index (χ2v) is 3.92. The standard InChI is InChI=1S/C10H6Cl2N2O2/c11-6-2-1-3-7(4-6)14-9(15)5-8(12)13-10(14)16/h1-5H,(H,13,16). The van der Waals surface area contributed by atoms with E-state index in [4.69, 9.17) is 23.2 Å². The van der Waals surface area contributed by atoms with Crippen LogP contribution in [0.2, 0.25) is 10.2 Å². The van der Waals surface area contributed by atoms with Gasteiger partial charge < -0.3 is 0 Å². The van der Waals surface area contributed by atoms with Crippen molar-refractivity contribution >= 4 is 23.2 Å². The van der Waals surface area contributed by atoms with Crippen LogP contribution >= 0.6 is 23.2 Å². The molecule has 1 N–H and O–H groups in total. The van der Waals surface area contributed by atoms with Crippen molar-refractivity contribution in [2.75, 3.05) is 0 Å². The molecule has 0 aliphatic heterocycles. The zero-order valence-corrected chi connectivity index (χ0v) is 9.42. The summed E-state index contributed by atoms with van der Waals surface area (Å²) in [5.74, 6) is 0. The lowest BCUT2D eigenvalue weighted by Crippen LogP contribution is -2.32. The molecule has 82 valence electrons. The lowest BCUT2D eigenvalue weighted by Gasteiger charge is -2.04. The first kappa shape index (κ1) is 11.0. The zero-order chi connectivity index (χ0) is 11.7. The van der Waals surface area contributed by atoms with Gasteiger partial charge in [-0.05, 0) is 18.2 Å². The molecular formula is C10H6Cl2N2O2. The van der Waals surface area contributed by atoms with Crippen LogP contribution in [0.5, 0.6) is 0 Å². The Balaban J connectivity index is 2.75. The largest absolute Gasteiger partial charge is 0.334 e. The molecule has 2 aromatic rings. The molecule has 0 saturated heterocycles. The number of rotatable bonds is 1. The van der Waals surface area contributed by atoms with E-state index in [0.29, 0.717) is 10.7 Å². The lowest BCUT2D eigenvalue weighted by molar-refractivity contribution is 0.876. The van der Waals surface area contributed by atoms with Gasteiger partial charge in [0.2, 0.25) is 0 Å². The Morgan fingerprint density at radius 1 is 1.12 bits per heavy atom. The predicted molar refractivity (Wildman–Crippen MR) is 62.7 cm³/mol. The van der Waals surface area contributed by atoms with Gasteiger partial charge in [-0.1, -0.05) is 29.3 Å². The van der Waals surface area contributed by atoms with Gasteiger partial charge in [-0.25, -0.2) is 9.36 Å². The lowest BCUT2D eigenvalue weighted by atomic mass is 10.3. The van der Waals surface area contributed by atoms with E-state index < -0.39 is 11.2 Å². The summed E-state index contributed by atoms with van der Waals surface area (Å²) in [4.78, 5) is 25.5. The number of aromatic amines is 1. The average Bonchev–Trinajstić information content (AvgIpc) is 2.15. The minimum atomic E-state index is -0.597. The van der Waals surface area contributed by atoms with Crippen molar-refractivity contribution in [1.82, 2.24) is 9.55 Å². The Morgan fingerprint density at radius 3 is 2.50 bits per heavy atom. The third-order valence-electron chi connectivity index (χ3n) is 1.97. The molecule has 16 heavy (non-hydrogen) atoms. The van der Waals surface area contributed by atoms with Crippen molar-refractivity contribution in [2.24, 2.45) is 0 Å². The van der Waals surface area contributed by atoms with E-state index in [9.17, 15) is 9.59 Å². The van der Waals surface area contributed by atoms with Crippen LogP contribution in [0.4, 0.5) is 0 Å². The number of benzene rings is 1. The van der Waals surface area contributed by atoms with E-state index in [1.54, 1.807) is 18.2 Å². The number of hydrogen-bond acceptors (Lipinski definition) is 2. The molecule has 1 aromatic heterocycles. The van der Waals surface area contributed by atoms with Crippen molar-refractivity contribution in [3.63, 3.8) is 0 Å². The third-order valence-corrected chi connectivity index (χ3v) is 2.41. The number of nitrogens with zero attached hydrogens (tertiary/aromatic N) is 1. The predicted octanol–water partition coefficient (Wildman–Crippen LogP) is 1.83. The monoisotopic (exact) mass is 256 g/mol. The van der Waals surface area contributed by atoms with Crippen molar-refractivity contribution in [3.8, 4) is 5.69 Å². The average molecular weight is 257 g/mol. The first-order valence-electron chi connectivity index (χ1n) is 4.36. The molecule has 0 unspecified atom stereocenters. The van der Waals surface area contributed by atoms with Crippen LogP contribution < -0.4 is 11.2 Å². The Hall–Kier alpha value is -1.52. The van der Waals surface area contributed by atoms with E-state index in [-0.39, 0.29) is 5.15 Å². The SMILES string of the molecule is O=c1cc(Cl)[nH]c(=O)n1-c1cccc(Cl)c1. The molecule has 0 saturated carbocycles. The fourth-order valence-electron chi connectivity index (χ4n) is 1.33. The summed E-state index contributed by atoms with van der Waals surface area (Å²) in [6.45, 7) is 0. The van der Waals surface area contributed by atoms with E-state index in [1.807, 2.05) is 0 Å². The molecule has 6 heteroatoms. The van der Waals surface area contributed by atoms with Crippen molar-refractivity contribution in [2.45, 2.75) is 0 Å². The van der Waals surface area contributed by atoms with Gasteiger partial charge in [0.25, 0.3) is 5.56 Å². The quantitative estimate of drug-likeness (QED) is 0.792. The van der Waals surface area contributed by atoms with Crippen molar-refractivity contribution in [3.05, 3.63) is 61.3 Å². The van der Waals surface area contributed by atoms with E-state index in [1.165, 1.54) is 6.07 Å². The first-order chi connectivity index (χ1) is 7.58. The fourth-order valence-corrected chi connectivity index (χ4v) is 1.69. The number of halogens is 2. The highest BCUT2D eigenvalue weighted by molar-refractivity contribution is 6.30. The molecule has 2 rings (SSSR count). The number of H-pyrrole nitrogens is 1. The molecule has 0 radical (unpaired) electrons. The van der Waals surface area contributed by atoms with Crippen LogP contribution in [0, 0.1) is 0 Å². The van der Waals surface area contributed by atoms with Gasteiger partial charge in [0.05, 0.1) is 5.69 Å². The van der Waals surface area contributed by atoms with E-state index in [0.717, 1.165) is 10.6 Å². The molecule has 0 fully saturated rings. The van der Waals surface area contributed by atoms with Gasteiger partial charge in [0.1, 0.15) is 5.15 Å². The van der Waals surface area contributed by atoms with Crippen LogP contribution in [0.25, 0.3) is 5.69 Å². The number of hydrogen-bond donors (Lipinski definition) is 1. The smallest absolute Gasteiger partial charge is 0.297 e. The molecule has 1 heterocycles. The first-order valence-corrected chi connectivity index (χ1v) is 5.11. The summed E-state index contributed by atoms with van der Waals surface area (Å²) in [6.07, 6.45) is 0. The Bertz CT molecular complexity index is 615. The summed E-state index contributed by atoms with van der Waals surface area (Å²) in [6, 6.07) is 7.56.